The summed E-state index contributed by atoms with van der Waals surface area (Å²) >= 11 is 0. The quantitative estimate of drug-likeness (QED) is 0.456. The lowest BCUT2D eigenvalue weighted by molar-refractivity contribution is 0.139. The van der Waals surface area contributed by atoms with Gasteiger partial charge in [-0.05, 0) is 47.9 Å². The number of hydrogen-bond donors (Lipinski definition) is 2. The van der Waals surface area contributed by atoms with Gasteiger partial charge in [0, 0.05) is 31.0 Å². The minimum atomic E-state index is -0.438. The first-order chi connectivity index (χ1) is 16.6. The van der Waals surface area contributed by atoms with Crippen LogP contribution >= 0.6 is 0 Å². The summed E-state index contributed by atoms with van der Waals surface area (Å²) in [6, 6.07) is 17.7. The van der Waals surface area contributed by atoms with Crippen molar-refractivity contribution in [1.82, 2.24) is 20.1 Å². The SMILES string of the molecule is Cn1nc(Cc2ccc(CNC(=O)OCc3ccccc3)cc2)c2c3c(c(=O)[nH]c21)CCCC3. The highest BCUT2D eigenvalue weighted by Gasteiger charge is 2.21. The molecule has 0 spiro atoms. The summed E-state index contributed by atoms with van der Waals surface area (Å²) in [6.07, 6.45) is 4.18. The van der Waals surface area contributed by atoms with Gasteiger partial charge in [-0.1, -0.05) is 54.6 Å². The largest absolute Gasteiger partial charge is 0.445 e. The molecule has 34 heavy (non-hydrogen) atoms. The Balaban J connectivity index is 1.25. The molecule has 1 amide bonds. The molecule has 0 bridgehead atoms. The van der Waals surface area contributed by atoms with E-state index in [1.807, 2.05) is 49.5 Å². The number of alkyl carbamates (subject to hydrolysis) is 1. The molecule has 174 valence electrons. The van der Waals surface area contributed by atoms with E-state index in [4.69, 9.17) is 9.84 Å². The number of aromatic nitrogens is 3. The van der Waals surface area contributed by atoms with Gasteiger partial charge in [-0.15, -0.1) is 0 Å². The second-order valence-corrected chi connectivity index (χ2v) is 8.82. The van der Waals surface area contributed by atoms with Crippen LogP contribution in [-0.4, -0.2) is 20.9 Å². The lowest BCUT2D eigenvalue weighted by Crippen LogP contribution is -2.23. The molecule has 5 rings (SSSR count). The van der Waals surface area contributed by atoms with Crippen LogP contribution in [0.25, 0.3) is 11.0 Å². The normalized spacial score (nSPS) is 13.0. The number of benzene rings is 2. The van der Waals surface area contributed by atoms with Crippen LogP contribution < -0.4 is 10.9 Å². The molecule has 0 aliphatic heterocycles. The van der Waals surface area contributed by atoms with Gasteiger partial charge in [0.2, 0.25) is 0 Å². The summed E-state index contributed by atoms with van der Waals surface area (Å²) in [5.74, 6) is 0. The Morgan fingerprint density at radius 3 is 2.47 bits per heavy atom. The number of pyridine rings is 1. The number of nitrogens with zero attached hydrogens (tertiary/aromatic N) is 2. The van der Waals surface area contributed by atoms with Crippen LogP contribution in [0.15, 0.2) is 59.4 Å². The van der Waals surface area contributed by atoms with E-state index in [9.17, 15) is 9.59 Å². The molecule has 2 heterocycles. The molecule has 0 radical (unpaired) electrons. The summed E-state index contributed by atoms with van der Waals surface area (Å²) in [4.78, 5) is 27.6. The molecule has 0 saturated carbocycles. The number of aryl methyl sites for hydroxylation is 2. The van der Waals surface area contributed by atoms with Gasteiger partial charge in [0.25, 0.3) is 5.56 Å². The highest BCUT2D eigenvalue weighted by atomic mass is 16.5. The van der Waals surface area contributed by atoms with E-state index < -0.39 is 6.09 Å². The number of H-pyrrole nitrogens is 1. The van der Waals surface area contributed by atoms with Crippen LogP contribution in [0.4, 0.5) is 4.79 Å². The number of nitrogens with one attached hydrogen (secondary N) is 2. The van der Waals surface area contributed by atoms with Crippen molar-refractivity contribution in [1.29, 1.82) is 0 Å². The van der Waals surface area contributed by atoms with Gasteiger partial charge in [-0.2, -0.15) is 5.10 Å². The molecule has 2 aromatic carbocycles. The molecule has 7 heteroatoms. The van der Waals surface area contributed by atoms with Gasteiger partial charge in [-0.3, -0.25) is 9.48 Å². The highest BCUT2D eigenvalue weighted by molar-refractivity contribution is 5.84. The third-order valence-electron chi connectivity index (χ3n) is 6.44. The first kappa shape index (κ1) is 21.9. The van der Waals surface area contributed by atoms with Crippen LogP contribution in [0.3, 0.4) is 0 Å². The van der Waals surface area contributed by atoms with E-state index in [1.54, 1.807) is 4.68 Å². The van der Waals surface area contributed by atoms with Gasteiger partial charge < -0.3 is 15.0 Å². The highest BCUT2D eigenvalue weighted by Crippen LogP contribution is 2.29. The standard InChI is InChI=1S/C27H28N4O3/c1-31-25-24(21-9-5-6-10-22(21)26(32)29-25)23(30-31)15-18-11-13-19(14-12-18)16-28-27(33)34-17-20-7-3-2-4-8-20/h2-4,7-8,11-14H,5-6,9-10,15-17H2,1H3,(H,28,33)(H,29,32). The van der Waals surface area contributed by atoms with Crippen molar-refractivity contribution < 1.29 is 9.53 Å². The fourth-order valence-electron chi connectivity index (χ4n) is 4.70. The molecular weight excluding hydrogens is 428 g/mol. The molecule has 0 atom stereocenters. The third kappa shape index (κ3) is 4.59. The Hall–Kier alpha value is -3.87. The summed E-state index contributed by atoms with van der Waals surface area (Å²) in [6.45, 7) is 0.647. The number of carbonyl (C=O) groups excluding carboxylic acids is 1. The lowest BCUT2D eigenvalue weighted by atomic mass is 9.89. The molecule has 0 fully saturated rings. The van der Waals surface area contributed by atoms with E-state index >= 15 is 0 Å². The molecule has 1 aliphatic rings. The van der Waals surface area contributed by atoms with Gasteiger partial charge in [0.1, 0.15) is 12.3 Å². The number of carbonyl (C=O) groups is 1. The maximum absolute atomic E-state index is 12.5. The number of ether oxygens (including phenoxy) is 1. The Labute approximate surface area is 197 Å². The van der Waals surface area contributed by atoms with E-state index in [0.717, 1.165) is 64.7 Å². The van der Waals surface area contributed by atoms with Crippen molar-refractivity contribution in [2.24, 2.45) is 7.05 Å². The predicted octanol–water partition coefficient (Wildman–Crippen LogP) is 4.16. The van der Waals surface area contributed by atoms with Crippen LogP contribution in [0.5, 0.6) is 0 Å². The predicted molar refractivity (Wildman–Crippen MR) is 131 cm³/mol. The van der Waals surface area contributed by atoms with Crippen LogP contribution in [0.2, 0.25) is 0 Å². The molecule has 1 aliphatic carbocycles. The van der Waals surface area contributed by atoms with E-state index in [-0.39, 0.29) is 12.2 Å². The van der Waals surface area contributed by atoms with E-state index in [0.29, 0.717) is 13.0 Å². The second kappa shape index (κ2) is 9.55. The van der Waals surface area contributed by atoms with Crippen LogP contribution in [-0.2, 0) is 44.2 Å². The zero-order chi connectivity index (χ0) is 23.5. The molecule has 4 aromatic rings. The van der Waals surface area contributed by atoms with Gasteiger partial charge in [-0.25, -0.2) is 4.79 Å². The lowest BCUT2D eigenvalue weighted by Gasteiger charge is -2.16. The van der Waals surface area contributed by atoms with Gasteiger partial charge in [0.15, 0.2) is 0 Å². The zero-order valence-corrected chi connectivity index (χ0v) is 19.3. The van der Waals surface area contributed by atoms with Crippen LogP contribution in [0.1, 0.15) is 46.4 Å². The summed E-state index contributed by atoms with van der Waals surface area (Å²) in [7, 11) is 1.88. The fraction of sp³-hybridized carbons (Fsp3) is 0.296. The molecule has 0 unspecified atom stereocenters. The first-order valence-electron chi connectivity index (χ1n) is 11.7. The minimum absolute atomic E-state index is 0.0240. The second-order valence-electron chi connectivity index (χ2n) is 8.82. The molecule has 2 aromatic heterocycles. The van der Waals surface area contributed by atoms with Crippen molar-refractivity contribution in [2.75, 3.05) is 0 Å². The zero-order valence-electron chi connectivity index (χ0n) is 19.3. The van der Waals surface area contributed by atoms with Crippen molar-refractivity contribution in [2.45, 2.75) is 45.3 Å². The van der Waals surface area contributed by atoms with Crippen molar-refractivity contribution in [3.05, 3.63) is 98.5 Å². The van der Waals surface area contributed by atoms with Crippen molar-refractivity contribution in [3.8, 4) is 0 Å². The molecular formula is C27H28N4O3. The number of rotatable bonds is 6. The Morgan fingerprint density at radius 2 is 1.71 bits per heavy atom. The Bertz CT molecular complexity index is 1370. The minimum Gasteiger partial charge on any atom is -0.445 e. The third-order valence-corrected chi connectivity index (χ3v) is 6.44. The molecule has 0 saturated heterocycles. The van der Waals surface area contributed by atoms with E-state index in [2.05, 4.69) is 22.4 Å². The van der Waals surface area contributed by atoms with Crippen molar-refractivity contribution >= 4 is 17.1 Å². The van der Waals surface area contributed by atoms with Crippen LogP contribution in [0, 0.1) is 0 Å². The Kier molecular flexibility index (Phi) is 6.16. The topological polar surface area (TPSA) is 89.0 Å². The number of hydrogen-bond acceptors (Lipinski definition) is 4. The summed E-state index contributed by atoms with van der Waals surface area (Å²) in [5, 5.41) is 8.63. The summed E-state index contributed by atoms with van der Waals surface area (Å²) < 4.78 is 7.04. The van der Waals surface area contributed by atoms with Gasteiger partial charge in [0.05, 0.1) is 5.69 Å². The molecule has 7 nitrogen and oxygen atoms in total. The number of aromatic amines is 1. The Morgan fingerprint density at radius 1 is 1.00 bits per heavy atom. The van der Waals surface area contributed by atoms with E-state index in [1.165, 1.54) is 5.56 Å². The van der Waals surface area contributed by atoms with Gasteiger partial charge >= 0.3 is 6.09 Å². The average molecular weight is 457 g/mol. The maximum Gasteiger partial charge on any atom is 0.407 e. The molecule has 2 N–H and O–H groups in total. The smallest absolute Gasteiger partial charge is 0.407 e. The van der Waals surface area contributed by atoms with Crippen molar-refractivity contribution in [3.63, 3.8) is 0 Å². The fourth-order valence-corrected chi connectivity index (χ4v) is 4.70. The maximum atomic E-state index is 12.5. The monoisotopic (exact) mass is 456 g/mol. The number of amides is 1. The number of fused-ring (bicyclic) bond motifs is 3. The first-order valence-corrected chi connectivity index (χ1v) is 11.7. The average Bonchev–Trinajstić information content (AvgIpc) is 3.17. The summed E-state index contributed by atoms with van der Waals surface area (Å²) in [5.41, 5.74) is 6.98.